The van der Waals surface area contributed by atoms with E-state index in [-0.39, 0.29) is 22.7 Å². The second-order valence-corrected chi connectivity index (χ2v) is 11.9. The zero-order valence-electron chi connectivity index (χ0n) is 24.3. The summed E-state index contributed by atoms with van der Waals surface area (Å²) in [6.45, 7) is 15.2. The summed E-state index contributed by atoms with van der Waals surface area (Å²) in [4.78, 5) is 31.4. The zero-order chi connectivity index (χ0) is 31.2. The fourth-order valence-corrected chi connectivity index (χ4v) is 5.13. The van der Waals surface area contributed by atoms with E-state index in [1.54, 1.807) is 51.1 Å². The molecule has 0 saturated heterocycles. The lowest BCUT2D eigenvalue weighted by Gasteiger charge is -2.25. The number of aliphatic hydroxyl groups is 1. The molecule has 3 aromatic rings. The number of esters is 1. The summed E-state index contributed by atoms with van der Waals surface area (Å²) in [5, 5.41) is 16.2. The fourth-order valence-electron chi connectivity index (χ4n) is 4.10. The number of imidazole rings is 1. The van der Waals surface area contributed by atoms with Gasteiger partial charge < -0.3 is 19.6 Å². The normalized spacial score (nSPS) is 13.3. The number of nitrogens with one attached hydrogen (secondary N) is 2. The summed E-state index contributed by atoms with van der Waals surface area (Å²) in [7, 11) is 1.19. The van der Waals surface area contributed by atoms with Gasteiger partial charge in [0, 0.05) is 21.5 Å². The Hall–Kier alpha value is -3.73. The number of aromatic amines is 1. The molecule has 0 aliphatic carbocycles. The molecule has 0 aliphatic heterocycles. The minimum absolute atomic E-state index is 0.139. The SMILES string of the molecule is C=C/C(=C\C(=C)CCC(O)(CC)c1ncc(-c2csc(C(=O)OC)c2F)[nH]1)c1cc(Cl)ccc1NC(=O)OC(C)(C)C. The number of halogens is 2. The van der Waals surface area contributed by atoms with Crippen LogP contribution in [0.15, 0.2) is 60.7 Å². The Bertz CT molecular complexity index is 1520. The van der Waals surface area contributed by atoms with Crippen LogP contribution in [0.3, 0.4) is 0 Å². The molecule has 2 aromatic heterocycles. The molecule has 3 rings (SSSR count). The van der Waals surface area contributed by atoms with Gasteiger partial charge >= 0.3 is 12.1 Å². The van der Waals surface area contributed by atoms with Crippen molar-refractivity contribution in [1.82, 2.24) is 9.97 Å². The standard InChI is InChI=1S/C31H35ClFN3O5S/c1-8-19(21-15-20(32)10-11-23(21)36-29(38)41-30(4,5)6)14-18(3)12-13-31(39,9-2)28-34-16-24(35-28)22-17-42-26(25(22)33)27(37)40-7/h8,10-11,14-17,39H,1,3,9,12-13H2,2,4-7H3,(H,34,35)(H,36,38)/b19-14+. The summed E-state index contributed by atoms with van der Waals surface area (Å²) >= 11 is 7.20. The molecule has 0 radical (unpaired) electrons. The molecule has 3 N–H and O–H groups in total. The first-order valence-corrected chi connectivity index (χ1v) is 14.4. The van der Waals surface area contributed by atoms with Gasteiger partial charge in [0.15, 0.2) is 5.82 Å². The maximum Gasteiger partial charge on any atom is 0.412 e. The molecule has 8 nitrogen and oxygen atoms in total. The monoisotopic (exact) mass is 615 g/mol. The summed E-state index contributed by atoms with van der Waals surface area (Å²) < 4.78 is 24.8. The lowest BCUT2D eigenvalue weighted by Crippen LogP contribution is -2.27. The van der Waals surface area contributed by atoms with Crippen LogP contribution in [-0.4, -0.2) is 39.8 Å². The molecule has 1 unspecified atom stereocenters. The number of aromatic nitrogens is 2. The summed E-state index contributed by atoms with van der Waals surface area (Å²) in [6.07, 6.45) is 5.20. The highest BCUT2D eigenvalue weighted by Gasteiger charge is 2.31. The van der Waals surface area contributed by atoms with Crippen molar-refractivity contribution in [1.29, 1.82) is 0 Å². The number of anilines is 1. The first-order chi connectivity index (χ1) is 19.7. The lowest BCUT2D eigenvalue weighted by molar-refractivity contribution is 0.0157. The Morgan fingerprint density at radius 1 is 1.31 bits per heavy atom. The number of ether oxygens (including phenoxy) is 2. The number of amides is 1. The molecule has 1 aromatic carbocycles. The van der Waals surface area contributed by atoms with Crippen molar-refractivity contribution in [3.63, 3.8) is 0 Å². The van der Waals surface area contributed by atoms with Crippen LogP contribution in [0.5, 0.6) is 0 Å². The summed E-state index contributed by atoms with van der Waals surface area (Å²) in [5.41, 5.74) is 0.905. The van der Waals surface area contributed by atoms with Crippen LogP contribution < -0.4 is 5.32 Å². The Balaban J connectivity index is 1.79. The van der Waals surface area contributed by atoms with Crippen LogP contribution in [-0.2, 0) is 15.1 Å². The minimum Gasteiger partial charge on any atom is -0.465 e. The van der Waals surface area contributed by atoms with Gasteiger partial charge in [0.05, 0.1) is 24.7 Å². The average Bonchev–Trinajstić information content (AvgIpc) is 3.57. The number of carbonyl (C=O) groups excluding carboxylic acids is 2. The number of methoxy groups -OCH3 is 1. The van der Waals surface area contributed by atoms with E-state index in [1.807, 2.05) is 6.92 Å². The largest absolute Gasteiger partial charge is 0.465 e. The highest BCUT2D eigenvalue weighted by Crippen LogP contribution is 2.35. The van der Waals surface area contributed by atoms with Crippen LogP contribution in [0.25, 0.3) is 16.8 Å². The fraction of sp³-hybridized carbons (Fsp3) is 0.323. The number of carbonyl (C=O) groups is 2. The van der Waals surface area contributed by atoms with E-state index in [2.05, 4.69) is 33.2 Å². The van der Waals surface area contributed by atoms with E-state index in [0.717, 1.165) is 11.3 Å². The van der Waals surface area contributed by atoms with E-state index in [0.29, 0.717) is 46.0 Å². The number of H-pyrrole nitrogens is 1. The average molecular weight is 616 g/mol. The van der Waals surface area contributed by atoms with Gasteiger partial charge in [-0.2, -0.15) is 0 Å². The zero-order valence-corrected chi connectivity index (χ0v) is 25.8. The highest BCUT2D eigenvalue weighted by molar-refractivity contribution is 7.12. The number of hydrogen-bond acceptors (Lipinski definition) is 7. The Morgan fingerprint density at radius 2 is 2.02 bits per heavy atom. The van der Waals surface area contributed by atoms with Crippen LogP contribution in [0.1, 0.15) is 68.0 Å². The molecule has 0 spiro atoms. The Kier molecular flexibility index (Phi) is 10.5. The van der Waals surface area contributed by atoms with Crippen LogP contribution in [0.4, 0.5) is 14.9 Å². The van der Waals surface area contributed by atoms with E-state index < -0.39 is 29.1 Å². The number of nitrogens with zero attached hydrogens (tertiary/aromatic N) is 1. The second-order valence-electron chi connectivity index (χ2n) is 10.6. The van der Waals surface area contributed by atoms with Crippen LogP contribution >= 0.6 is 22.9 Å². The van der Waals surface area contributed by atoms with Crippen molar-refractivity contribution in [2.45, 2.75) is 58.2 Å². The van der Waals surface area contributed by atoms with Gasteiger partial charge in [-0.3, -0.25) is 5.32 Å². The number of hydrogen-bond donors (Lipinski definition) is 3. The number of thiophene rings is 1. The highest BCUT2D eigenvalue weighted by atomic mass is 35.5. The number of allylic oxidation sites excluding steroid dienone is 4. The van der Waals surface area contributed by atoms with Gasteiger partial charge in [0.25, 0.3) is 0 Å². The van der Waals surface area contributed by atoms with Crippen molar-refractivity contribution >= 4 is 46.3 Å². The predicted molar refractivity (Wildman–Crippen MR) is 165 cm³/mol. The van der Waals surface area contributed by atoms with E-state index >= 15 is 0 Å². The van der Waals surface area contributed by atoms with Crippen molar-refractivity contribution < 1.29 is 28.6 Å². The molecule has 1 atom stereocenters. The third-order valence-electron chi connectivity index (χ3n) is 6.36. The number of rotatable bonds is 11. The van der Waals surface area contributed by atoms with Gasteiger partial charge in [-0.15, -0.1) is 11.3 Å². The topological polar surface area (TPSA) is 114 Å². The lowest BCUT2D eigenvalue weighted by atomic mass is 9.90. The molecule has 0 bridgehead atoms. The Labute approximate surface area is 253 Å². The predicted octanol–water partition coefficient (Wildman–Crippen LogP) is 8.27. The first kappa shape index (κ1) is 32.8. The van der Waals surface area contributed by atoms with Gasteiger partial charge in [0.1, 0.15) is 21.9 Å². The van der Waals surface area contributed by atoms with Gasteiger partial charge in [-0.1, -0.05) is 49.4 Å². The van der Waals surface area contributed by atoms with Gasteiger partial charge in [-0.05, 0) is 63.8 Å². The third-order valence-corrected chi connectivity index (χ3v) is 7.53. The molecular formula is C31H35ClFN3O5S. The summed E-state index contributed by atoms with van der Waals surface area (Å²) in [5.74, 6) is -1.20. The molecular weight excluding hydrogens is 581 g/mol. The number of benzene rings is 1. The molecule has 0 aliphatic rings. The first-order valence-electron chi connectivity index (χ1n) is 13.2. The van der Waals surface area contributed by atoms with E-state index in [9.17, 15) is 19.1 Å². The summed E-state index contributed by atoms with van der Waals surface area (Å²) in [6, 6.07) is 5.04. The van der Waals surface area contributed by atoms with Crippen molar-refractivity contribution in [2.24, 2.45) is 0 Å². The molecule has 2 heterocycles. The van der Waals surface area contributed by atoms with Crippen molar-refractivity contribution in [3.8, 4) is 11.3 Å². The maximum absolute atomic E-state index is 14.8. The molecule has 42 heavy (non-hydrogen) atoms. The van der Waals surface area contributed by atoms with E-state index in [1.165, 1.54) is 18.7 Å². The van der Waals surface area contributed by atoms with E-state index in [4.69, 9.17) is 16.3 Å². The Morgan fingerprint density at radius 3 is 2.64 bits per heavy atom. The van der Waals surface area contributed by atoms with Gasteiger partial charge in [0.2, 0.25) is 0 Å². The van der Waals surface area contributed by atoms with Crippen molar-refractivity contribution in [2.75, 3.05) is 12.4 Å². The third kappa shape index (κ3) is 7.96. The second kappa shape index (κ2) is 13.5. The smallest absolute Gasteiger partial charge is 0.412 e. The van der Waals surface area contributed by atoms with Crippen LogP contribution in [0.2, 0.25) is 5.02 Å². The molecule has 11 heteroatoms. The minimum atomic E-state index is -1.36. The maximum atomic E-state index is 14.8. The van der Waals surface area contributed by atoms with Crippen LogP contribution in [0, 0.1) is 5.82 Å². The molecule has 1 amide bonds. The molecule has 0 saturated carbocycles. The van der Waals surface area contributed by atoms with Gasteiger partial charge in [-0.25, -0.2) is 19.0 Å². The molecule has 224 valence electrons. The molecule has 0 fully saturated rings. The van der Waals surface area contributed by atoms with Crippen molar-refractivity contribution in [3.05, 3.63) is 87.8 Å². The quantitative estimate of drug-likeness (QED) is 0.148.